The van der Waals surface area contributed by atoms with Crippen LogP contribution in [0.3, 0.4) is 0 Å². The molecule has 0 saturated heterocycles. The molecule has 1 heterocycles. The van der Waals surface area contributed by atoms with Crippen LogP contribution in [0, 0.1) is 0 Å². The Hall–Kier alpha value is -2.59. The molecule has 0 aliphatic carbocycles. The molecule has 4 heteroatoms. The average molecular weight is 295 g/mol. The van der Waals surface area contributed by atoms with Gasteiger partial charge in [-0.15, -0.1) is 0 Å². The van der Waals surface area contributed by atoms with Crippen molar-refractivity contribution < 1.29 is 13.9 Å². The third-order valence-electron chi connectivity index (χ3n) is 3.51. The summed E-state index contributed by atoms with van der Waals surface area (Å²) < 4.78 is 10.7. The predicted molar refractivity (Wildman–Crippen MR) is 84.5 cm³/mol. The number of nitrogens with one attached hydrogen (secondary N) is 1. The van der Waals surface area contributed by atoms with E-state index in [9.17, 15) is 4.79 Å². The first-order chi connectivity index (χ1) is 10.8. The molecule has 3 aromatic rings. The second-order valence-electron chi connectivity index (χ2n) is 5.03. The van der Waals surface area contributed by atoms with Crippen LogP contribution in [0.15, 0.2) is 59.0 Å². The molecule has 1 amide bonds. The summed E-state index contributed by atoms with van der Waals surface area (Å²) >= 11 is 0. The van der Waals surface area contributed by atoms with Crippen LogP contribution in [0.5, 0.6) is 0 Å². The zero-order valence-electron chi connectivity index (χ0n) is 12.3. The topological polar surface area (TPSA) is 51.5 Å². The van der Waals surface area contributed by atoms with Gasteiger partial charge in [-0.2, -0.15) is 0 Å². The van der Waals surface area contributed by atoms with Gasteiger partial charge in [-0.3, -0.25) is 4.79 Å². The van der Waals surface area contributed by atoms with Crippen molar-refractivity contribution in [1.82, 2.24) is 5.32 Å². The van der Waals surface area contributed by atoms with E-state index < -0.39 is 0 Å². The second-order valence-corrected chi connectivity index (χ2v) is 5.03. The maximum Gasteiger partial charge on any atom is 0.287 e. The van der Waals surface area contributed by atoms with E-state index in [0.717, 1.165) is 16.5 Å². The molecule has 0 saturated carbocycles. The predicted octanol–water partition coefficient (Wildman–Crippen LogP) is 3.51. The van der Waals surface area contributed by atoms with Crippen LogP contribution >= 0.6 is 0 Å². The summed E-state index contributed by atoms with van der Waals surface area (Å²) in [6.45, 7) is 0.964. The zero-order chi connectivity index (χ0) is 15.4. The average Bonchev–Trinajstić information content (AvgIpc) is 2.98. The summed E-state index contributed by atoms with van der Waals surface area (Å²) in [7, 11) is 1.66. The minimum atomic E-state index is -0.219. The quantitative estimate of drug-likeness (QED) is 0.783. The van der Waals surface area contributed by atoms with Gasteiger partial charge in [0.05, 0.1) is 6.61 Å². The molecule has 2 aromatic carbocycles. The largest absolute Gasteiger partial charge is 0.451 e. The smallest absolute Gasteiger partial charge is 0.287 e. The fourth-order valence-electron chi connectivity index (χ4n) is 2.38. The first-order valence-electron chi connectivity index (χ1n) is 7.10. The lowest BCUT2D eigenvalue weighted by Crippen LogP contribution is -2.22. The Morgan fingerprint density at radius 3 is 2.59 bits per heavy atom. The summed E-state index contributed by atoms with van der Waals surface area (Å²) in [6, 6.07) is 17.2. The number of furan rings is 1. The normalized spacial score (nSPS) is 10.8. The number of para-hydroxylation sites is 1. The van der Waals surface area contributed by atoms with Crippen LogP contribution < -0.4 is 5.32 Å². The summed E-state index contributed by atoms with van der Waals surface area (Å²) in [6.07, 6.45) is 0. The Bertz CT molecular complexity index is 759. The van der Waals surface area contributed by atoms with Gasteiger partial charge in [-0.1, -0.05) is 42.5 Å². The highest BCUT2D eigenvalue weighted by Gasteiger charge is 2.12. The summed E-state index contributed by atoms with van der Waals surface area (Å²) in [5.41, 5.74) is 2.82. The Morgan fingerprint density at radius 1 is 1.09 bits per heavy atom. The monoisotopic (exact) mass is 295 g/mol. The molecule has 0 aliphatic heterocycles. The Labute approximate surface area is 128 Å². The van der Waals surface area contributed by atoms with Crippen molar-refractivity contribution in [1.29, 1.82) is 0 Å². The van der Waals surface area contributed by atoms with Crippen molar-refractivity contribution in [3.63, 3.8) is 0 Å². The maximum atomic E-state index is 12.2. The van der Waals surface area contributed by atoms with Gasteiger partial charge in [-0.05, 0) is 23.3 Å². The second kappa shape index (κ2) is 6.45. The van der Waals surface area contributed by atoms with E-state index in [2.05, 4.69) is 5.32 Å². The lowest BCUT2D eigenvalue weighted by molar-refractivity contribution is 0.0925. The van der Waals surface area contributed by atoms with Gasteiger partial charge in [-0.25, -0.2) is 0 Å². The third-order valence-corrected chi connectivity index (χ3v) is 3.51. The maximum absolute atomic E-state index is 12.2. The number of hydrogen-bond acceptors (Lipinski definition) is 3. The van der Waals surface area contributed by atoms with Crippen LogP contribution in [0.2, 0.25) is 0 Å². The summed E-state index contributed by atoms with van der Waals surface area (Å²) in [5, 5.41) is 3.81. The molecular formula is C18H17NO3. The molecule has 4 nitrogen and oxygen atoms in total. The van der Waals surface area contributed by atoms with Crippen molar-refractivity contribution in [2.24, 2.45) is 0 Å². The molecule has 0 unspecified atom stereocenters. The molecule has 112 valence electrons. The number of rotatable bonds is 5. The number of methoxy groups -OCH3 is 1. The third kappa shape index (κ3) is 3.02. The van der Waals surface area contributed by atoms with E-state index >= 15 is 0 Å². The van der Waals surface area contributed by atoms with E-state index in [1.54, 1.807) is 13.2 Å². The number of hydrogen-bond donors (Lipinski definition) is 1. The van der Waals surface area contributed by atoms with E-state index in [4.69, 9.17) is 9.15 Å². The number of amides is 1. The van der Waals surface area contributed by atoms with Crippen molar-refractivity contribution >= 4 is 16.9 Å². The van der Waals surface area contributed by atoms with E-state index in [1.165, 1.54) is 0 Å². The Kier molecular flexibility index (Phi) is 4.21. The Balaban J connectivity index is 1.72. The highest BCUT2D eigenvalue weighted by molar-refractivity contribution is 5.96. The van der Waals surface area contributed by atoms with Crippen LogP contribution in [0.25, 0.3) is 11.0 Å². The lowest BCUT2D eigenvalue weighted by Gasteiger charge is -2.09. The molecule has 0 bridgehead atoms. The standard InChI is InChI=1S/C18H17NO3/c1-21-12-15-8-3-2-7-14(15)11-19-18(20)17-10-13-6-4-5-9-16(13)22-17/h2-10H,11-12H2,1H3,(H,19,20). The molecule has 22 heavy (non-hydrogen) atoms. The molecular weight excluding hydrogens is 278 g/mol. The van der Waals surface area contributed by atoms with Crippen LogP contribution in [-0.2, 0) is 17.9 Å². The molecule has 3 rings (SSSR count). The van der Waals surface area contributed by atoms with Crippen molar-refractivity contribution in [2.45, 2.75) is 13.2 Å². The van der Waals surface area contributed by atoms with Gasteiger partial charge >= 0.3 is 0 Å². The van der Waals surface area contributed by atoms with E-state index in [0.29, 0.717) is 24.5 Å². The Morgan fingerprint density at radius 2 is 1.82 bits per heavy atom. The molecule has 1 aromatic heterocycles. The van der Waals surface area contributed by atoms with E-state index in [1.807, 2.05) is 48.5 Å². The van der Waals surface area contributed by atoms with Crippen LogP contribution in [0.1, 0.15) is 21.7 Å². The van der Waals surface area contributed by atoms with Gasteiger partial charge in [0.2, 0.25) is 0 Å². The first-order valence-corrected chi connectivity index (χ1v) is 7.10. The molecule has 0 fully saturated rings. The highest BCUT2D eigenvalue weighted by Crippen LogP contribution is 2.19. The first kappa shape index (κ1) is 14.4. The van der Waals surface area contributed by atoms with Crippen molar-refractivity contribution in [2.75, 3.05) is 7.11 Å². The SMILES string of the molecule is COCc1ccccc1CNC(=O)c1cc2ccccc2o1. The van der Waals surface area contributed by atoms with Gasteiger partial charge in [0.25, 0.3) is 5.91 Å². The molecule has 0 aliphatic rings. The van der Waals surface area contributed by atoms with Gasteiger partial charge < -0.3 is 14.5 Å². The summed E-state index contributed by atoms with van der Waals surface area (Å²) in [5.74, 6) is 0.105. The lowest BCUT2D eigenvalue weighted by atomic mass is 10.1. The molecule has 0 radical (unpaired) electrons. The number of fused-ring (bicyclic) bond motifs is 1. The highest BCUT2D eigenvalue weighted by atomic mass is 16.5. The van der Waals surface area contributed by atoms with E-state index in [-0.39, 0.29) is 5.91 Å². The van der Waals surface area contributed by atoms with Gasteiger partial charge in [0.1, 0.15) is 5.58 Å². The molecule has 0 atom stereocenters. The number of carbonyl (C=O) groups excluding carboxylic acids is 1. The fourth-order valence-corrected chi connectivity index (χ4v) is 2.38. The van der Waals surface area contributed by atoms with Crippen molar-refractivity contribution in [3.8, 4) is 0 Å². The zero-order valence-corrected chi connectivity index (χ0v) is 12.3. The molecule has 0 spiro atoms. The van der Waals surface area contributed by atoms with Gasteiger partial charge in [0, 0.05) is 19.0 Å². The molecule has 1 N–H and O–H groups in total. The van der Waals surface area contributed by atoms with Crippen molar-refractivity contribution in [3.05, 3.63) is 71.5 Å². The minimum Gasteiger partial charge on any atom is -0.451 e. The fraction of sp³-hybridized carbons (Fsp3) is 0.167. The number of benzene rings is 2. The van der Waals surface area contributed by atoms with Crippen LogP contribution in [-0.4, -0.2) is 13.0 Å². The van der Waals surface area contributed by atoms with Gasteiger partial charge in [0.15, 0.2) is 5.76 Å². The number of carbonyl (C=O) groups is 1. The number of ether oxygens (including phenoxy) is 1. The minimum absolute atomic E-state index is 0.219. The summed E-state index contributed by atoms with van der Waals surface area (Å²) in [4.78, 5) is 12.2. The van der Waals surface area contributed by atoms with Crippen LogP contribution in [0.4, 0.5) is 0 Å².